The van der Waals surface area contributed by atoms with E-state index in [-0.39, 0.29) is 0 Å². The fraction of sp³-hybridized carbons (Fsp3) is 0.300. The van der Waals surface area contributed by atoms with Crippen LogP contribution in [0.25, 0.3) is 10.9 Å². The summed E-state index contributed by atoms with van der Waals surface area (Å²) >= 11 is 7.63. The number of hydrogen-bond donors (Lipinski definition) is 1. The van der Waals surface area contributed by atoms with Crippen molar-refractivity contribution in [2.75, 3.05) is 30.7 Å². The van der Waals surface area contributed by atoms with Crippen molar-refractivity contribution in [1.82, 2.24) is 9.97 Å². The van der Waals surface area contributed by atoms with Crippen molar-refractivity contribution in [2.24, 2.45) is 0 Å². The number of nitrogens with one attached hydrogen (secondary N) is 1. The standard InChI is InChI=1S/C20H22ClN3O2S/c1-3-27-12-14-4-6-15(7-5-14)24-20-16-10-18(25-2)19(26-9-8-21)11-17(16)22-13-23-20/h4-7,10-11,13H,3,8-9,12H2,1-2H3,(H,22,23,24). The zero-order valence-electron chi connectivity index (χ0n) is 15.4. The molecule has 0 radical (unpaired) electrons. The Kier molecular flexibility index (Phi) is 7.01. The Balaban J connectivity index is 1.88. The minimum Gasteiger partial charge on any atom is -0.493 e. The van der Waals surface area contributed by atoms with E-state index < -0.39 is 0 Å². The van der Waals surface area contributed by atoms with Gasteiger partial charge >= 0.3 is 0 Å². The van der Waals surface area contributed by atoms with Gasteiger partial charge in [0.2, 0.25) is 0 Å². The Morgan fingerprint density at radius 1 is 1.11 bits per heavy atom. The maximum absolute atomic E-state index is 5.72. The summed E-state index contributed by atoms with van der Waals surface area (Å²) in [5, 5.41) is 4.23. The van der Waals surface area contributed by atoms with Crippen LogP contribution in [0.1, 0.15) is 12.5 Å². The van der Waals surface area contributed by atoms with Crippen LogP contribution in [-0.2, 0) is 5.75 Å². The molecular formula is C20H22ClN3O2S. The van der Waals surface area contributed by atoms with Gasteiger partial charge in [0.05, 0.1) is 18.5 Å². The fourth-order valence-electron chi connectivity index (χ4n) is 2.63. The van der Waals surface area contributed by atoms with Crippen LogP contribution in [0.5, 0.6) is 11.5 Å². The van der Waals surface area contributed by atoms with E-state index in [4.69, 9.17) is 21.1 Å². The van der Waals surface area contributed by atoms with Crippen molar-refractivity contribution in [2.45, 2.75) is 12.7 Å². The van der Waals surface area contributed by atoms with E-state index in [0.29, 0.717) is 24.0 Å². The second kappa shape index (κ2) is 9.67. The molecule has 3 rings (SSSR count). The minimum absolute atomic E-state index is 0.405. The van der Waals surface area contributed by atoms with Gasteiger partial charge in [-0.15, -0.1) is 11.6 Å². The summed E-state index contributed by atoms with van der Waals surface area (Å²) in [6.45, 7) is 2.57. The molecule has 0 aliphatic heterocycles. The molecule has 0 fully saturated rings. The lowest BCUT2D eigenvalue weighted by Crippen LogP contribution is -2.01. The highest BCUT2D eigenvalue weighted by molar-refractivity contribution is 7.98. The van der Waals surface area contributed by atoms with Gasteiger partial charge in [0.25, 0.3) is 0 Å². The lowest BCUT2D eigenvalue weighted by atomic mass is 10.2. The van der Waals surface area contributed by atoms with Gasteiger partial charge in [-0.2, -0.15) is 11.8 Å². The average molecular weight is 404 g/mol. The van der Waals surface area contributed by atoms with Gasteiger partial charge < -0.3 is 14.8 Å². The molecule has 3 aromatic rings. The molecule has 0 saturated heterocycles. The van der Waals surface area contributed by atoms with Gasteiger partial charge in [0.1, 0.15) is 18.8 Å². The molecule has 2 aromatic carbocycles. The van der Waals surface area contributed by atoms with E-state index in [1.54, 1.807) is 7.11 Å². The minimum atomic E-state index is 0.405. The Morgan fingerprint density at radius 2 is 1.93 bits per heavy atom. The molecule has 0 aliphatic rings. The molecule has 5 nitrogen and oxygen atoms in total. The number of alkyl halides is 1. The molecule has 1 aromatic heterocycles. The fourth-order valence-corrected chi connectivity index (χ4v) is 3.33. The number of halogens is 1. The predicted molar refractivity (Wildman–Crippen MR) is 114 cm³/mol. The first-order chi connectivity index (χ1) is 13.2. The van der Waals surface area contributed by atoms with Crippen molar-refractivity contribution < 1.29 is 9.47 Å². The van der Waals surface area contributed by atoms with Gasteiger partial charge in [0, 0.05) is 22.9 Å². The first kappa shape index (κ1) is 19.6. The van der Waals surface area contributed by atoms with Crippen LogP contribution in [0.4, 0.5) is 11.5 Å². The number of ether oxygens (including phenoxy) is 2. The highest BCUT2D eigenvalue weighted by Crippen LogP contribution is 2.34. The maximum Gasteiger partial charge on any atom is 0.163 e. The molecule has 1 heterocycles. The van der Waals surface area contributed by atoms with Crippen LogP contribution >= 0.6 is 23.4 Å². The van der Waals surface area contributed by atoms with Crippen LogP contribution in [0.15, 0.2) is 42.7 Å². The van der Waals surface area contributed by atoms with E-state index in [1.165, 1.54) is 11.9 Å². The molecule has 0 atom stereocenters. The molecule has 0 saturated carbocycles. The van der Waals surface area contributed by atoms with E-state index in [0.717, 1.165) is 33.9 Å². The molecular weight excluding hydrogens is 382 g/mol. The number of fused-ring (bicyclic) bond motifs is 1. The van der Waals surface area contributed by atoms with E-state index in [1.807, 2.05) is 23.9 Å². The number of rotatable bonds is 9. The molecule has 0 bridgehead atoms. The third-order valence-corrected chi connectivity index (χ3v) is 5.04. The number of thioether (sulfide) groups is 1. The topological polar surface area (TPSA) is 56.3 Å². The van der Waals surface area contributed by atoms with E-state index in [2.05, 4.69) is 46.5 Å². The number of aromatic nitrogens is 2. The van der Waals surface area contributed by atoms with Crippen molar-refractivity contribution in [1.29, 1.82) is 0 Å². The summed E-state index contributed by atoms with van der Waals surface area (Å²) in [6.07, 6.45) is 1.54. The Bertz CT molecular complexity index is 890. The smallest absolute Gasteiger partial charge is 0.163 e. The van der Waals surface area contributed by atoms with Crippen molar-refractivity contribution in [3.8, 4) is 11.5 Å². The summed E-state index contributed by atoms with van der Waals surface area (Å²) in [5.74, 6) is 4.51. The average Bonchev–Trinajstić information content (AvgIpc) is 2.71. The van der Waals surface area contributed by atoms with Gasteiger partial charge in [-0.1, -0.05) is 19.1 Å². The normalized spacial score (nSPS) is 10.8. The Morgan fingerprint density at radius 3 is 2.63 bits per heavy atom. The first-order valence-electron chi connectivity index (χ1n) is 8.70. The molecule has 0 unspecified atom stereocenters. The van der Waals surface area contributed by atoms with Crippen LogP contribution in [0, 0.1) is 0 Å². The zero-order valence-corrected chi connectivity index (χ0v) is 16.9. The number of anilines is 2. The first-order valence-corrected chi connectivity index (χ1v) is 10.4. The summed E-state index contributed by atoms with van der Waals surface area (Å²) in [5.41, 5.74) is 3.05. The lowest BCUT2D eigenvalue weighted by Gasteiger charge is -2.13. The lowest BCUT2D eigenvalue weighted by molar-refractivity contribution is 0.313. The van der Waals surface area contributed by atoms with Gasteiger partial charge in [-0.25, -0.2) is 9.97 Å². The molecule has 142 valence electrons. The third kappa shape index (κ3) is 4.96. The van der Waals surface area contributed by atoms with Gasteiger partial charge in [-0.3, -0.25) is 0 Å². The summed E-state index contributed by atoms with van der Waals surface area (Å²) in [6, 6.07) is 12.1. The van der Waals surface area contributed by atoms with E-state index in [9.17, 15) is 0 Å². The van der Waals surface area contributed by atoms with Crippen LogP contribution in [-0.4, -0.2) is 35.3 Å². The van der Waals surface area contributed by atoms with E-state index >= 15 is 0 Å². The quantitative estimate of drug-likeness (QED) is 0.492. The molecule has 0 amide bonds. The van der Waals surface area contributed by atoms with Crippen LogP contribution in [0.3, 0.4) is 0 Å². The van der Waals surface area contributed by atoms with Gasteiger partial charge in [-0.05, 0) is 29.5 Å². The third-order valence-electron chi connectivity index (χ3n) is 3.94. The summed E-state index contributed by atoms with van der Waals surface area (Å²) < 4.78 is 11.1. The largest absolute Gasteiger partial charge is 0.493 e. The van der Waals surface area contributed by atoms with Crippen molar-refractivity contribution in [3.05, 3.63) is 48.3 Å². The van der Waals surface area contributed by atoms with Gasteiger partial charge in [0.15, 0.2) is 11.5 Å². The SMILES string of the molecule is CCSCc1ccc(Nc2ncnc3cc(OCCCl)c(OC)cc23)cc1. The number of hydrogen-bond acceptors (Lipinski definition) is 6. The molecule has 1 N–H and O–H groups in total. The molecule has 0 aliphatic carbocycles. The van der Waals surface area contributed by atoms with Crippen LogP contribution < -0.4 is 14.8 Å². The molecule has 27 heavy (non-hydrogen) atoms. The van der Waals surface area contributed by atoms with Crippen molar-refractivity contribution in [3.63, 3.8) is 0 Å². The maximum atomic E-state index is 5.72. The highest BCUT2D eigenvalue weighted by atomic mass is 35.5. The highest BCUT2D eigenvalue weighted by Gasteiger charge is 2.12. The monoisotopic (exact) mass is 403 g/mol. The molecule has 0 spiro atoms. The number of methoxy groups -OCH3 is 1. The second-order valence-electron chi connectivity index (χ2n) is 5.74. The summed E-state index contributed by atoms with van der Waals surface area (Å²) in [7, 11) is 1.61. The Hall–Kier alpha value is -2.18. The zero-order chi connectivity index (χ0) is 19.1. The summed E-state index contributed by atoms with van der Waals surface area (Å²) in [4.78, 5) is 8.75. The Labute approximate surface area is 168 Å². The predicted octanol–water partition coefficient (Wildman–Crippen LogP) is 5.25. The second-order valence-corrected chi connectivity index (χ2v) is 7.39. The number of nitrogens with zero attached hydrogens (tertiary/aromatic N) is 2. The number of benzene rings is 2. The van der Waals surface area contributed by atoms with Crippen LogP contribution in [0.2, 0.25) is 0 Å². The molecule has 7 heteroatoms. The van der Waals surface area contributed by atoms with Crippen molar-refractivity contribution >= 4 is 45.8 Å².